The molecule has 2 aliphatic heterocycles. The number of hydrogen-bond donors (Lipinski definition) is 1. The van der Waals surface area contributed by atoms with Gasteiger partial charge in [0.25, 0.3) is 0 Å². The number of hydrogen-bond acceptors (Lipinski definition) is 3. The van der Waals surface area contributed by atoms with E-state index < -0.39 is 0 Å². The van der Waals surface area contributed by atoms with E-state index in [1.807, 2.05) is 6.92 Å². The van der Waals surface area contributed by atoms with Crippen LogP contribution in [-0.2, 0) is 9.59 Å². The van der Waals surface area contributed by atoms with Crippen LogP contribution in [0.25, 0.3) is 0 Å². The molecule has 0 aromatic carbocycles. The van der Waals surface area contributed by atoms with Crippen LogP contribution < -0.4 is 0 Å². The fourth-order valence-corrected chi connectivity index (χ4v) is 3.05. The molecule has 0 bridgehead atoms. The molecule has 0 radical (unpaired) electrons. The summed E-state index contributed by atoms with van der Waals surface area (Å²) in [4.78, 5) is 24.5. The Labute approximate surface area is 79.6 Å². The van der Waals surface area contributed by atoms with E-state index in [4.69, 9.17) is 0 Å². The van der Waals surface area contributed by atoms with Crippen LogP contribution in [0, 0.1) is 0 Å². The molecule has 0 saturated carbocycles. The van der Waals surface area contributed by atoms with E-state index in [9.17, 15) is 9.59 Å². The molecule has 5 heteroatoms. The van der Waals surface area contributed by atoms with Crippen molar-refractivity contribution >= 4 is 35.4 Å². The van der Waals surface area contributed by atoms with E-state index in [1.165, 1.54) is 4.90 Å². The monoisotopic (exact) mass is 201 g/mol. The molecule has 1 amide bonds. The highest BCUT2D eigenvalue weighted by Gasteiger charge is 2.46. The lowest BCUT2D eigenvalue weighted by molar-refractivity contribution is -0.139. The molecule has 2 rings (SSSR count). The van der Waals surface area contributed by atoms with Gasteiger partial charge in [0, 0.05) is 4.91 Å². The maximum absolute atomic E-state index is 11.1. The highest BCUT2D eigenvalue weighted by Crippen LogP contribution is 2.46. The molecular weight excluding hydrogens is 194 g/mol. The predicted molar refractivity (Wildman–Crippen MR) is 49.5 cm³/mol. The van der Waals surface area contributed by atoms with Gasteiger partial charge in [-0.3, -0.25) is 14.5 Å². The van der Waals surface area contributed by atoms with Crippen molar-refractivity contribution in [3.05, 3.63) is 10.6 Å². The van der Waals surface area contributed by atoms with Crippen LogP contribution in [0.3, 0.4) is 0 Å². The largest absolute Gasteiger partial charge is 0.294 e. The second-order valence-electron chi connectivity index (χ2n) is 2.75. The molecule has 0 aromatic heterocycles. The molecule has 0 spiro atoms. The molecule has 1 saturated heterocycles. The van der Waals surface area contributed by atoms with Crippen molar-refractivity contribution < 1.29 is 9.59 Å². The summed E-state index contributed by atoms with van der Waals surface area (Å²) in [5, 5.41) is -0.140. The third-order valence-corrected chi connectivity index (χ3v) is 3.40. The van der Waals surface area contributed by atoms with Gasteiger partial charge in [0.05, 0.1) is 11.8 Å². The van der Waals surface area contributed by atoms with E-state index in [-0.39, 0.29) is 16.4 Å². The highest BCUT2D eigenvalue weighted by molar-refractivity contribution is 8.04. The molecule has 64 valence electrons. The first-order chi connectivity index (χ1) is 5.61. The molecular formula is C7H7NO2S2. The first kappa shape index (κ1) is 8.19. The average molecular weight is 201 g/mol. The molecule has 1 fully saturated rings. The Kier molecular flexibility index (Phi) is 1.73. The summed E-state index contributed by atoms with van der Waals surface area (Å²) in [6.07, 6.45) is 0.548. The van der Waals surface area contributed by atoms with Gasteiger partial charge in [-0.25, -0.2) is 0 Å². The minimum absolute atomic E-state index is 0.0294. The number of β-lactam (4-membered cyclic amide) rings is 1. The van der Waals surface area contributed by atoms with Gasteiger partial charge in [-0.15, -0.1) is 11.8 Å². The number of rotatable bonds is 1. The fourth-order valence-electron chi connectivity index (χ4n) is 1.43. The van der Waals surface area contributed by atoms with Crippen molar-refractivity contribution in [2.24, 2.45) is 0 Å². The zero-order valence-electron chi connectivity index (χ0n) is 6.40. The van der Waals surface area contributed by atoms with Gasteiger partial charge in [-0.1, -0.05) is 12.6 Å². The van der Waals surface area contributed by atoms with Crippen molar-refractivity contribution in [2.75, 3.05) is 0 Å². The summed E-state index contributed by atoms with van der Waals surface area (Å²) in [7, 11) is 0. The maximum atomic E-state index is 11.1. The smallest absolute Gasteiger partial charge is 0.233 e. The van der Waals surface area contributed by atoms with Crippen LogP contribution in [0.4, 0.5) is 0 Å². The Balaban J connectivity index is 2.34. The zero-order valence-corrected chi connectivity index (χ0v) is 8.11. The van der Waals surface area contributed by atoms with Gasteiger partial charge in [-0.2, -0.15) is 0 Å². The molecule has 0 unspecified atom stereocenters. The molecule has 3 nitrogen and oxygen atoms in total. The van der Waals surface area contributed by atoms with Crippen molar-refractivity contribution in [1.82, 2.24) is 4.90 Å². The van der Waals surface area contributed by atoms with Crippen LogP contribution in [0.15, 0.2) is 10.6 Å². The van der Waals surface area contributed by atoms with Crippen molar-refractivity contribution in [3.8, 4) is 0 Å². The number of amides is 1. The van der Waals surface area contributed by atoms with Gasteiger partial charge in [0.15, 0.2) is 0 Å². The standard InChI is InChI=1S/C7H7NO2S2/c1-3-6(7(10)11)8-4(9)2-5(8)12-3/h5H,2H2,1H3,(H,10,11)/t5-/m1/s1. The lowest BCUT2D eigenvalue weighted by atomic mass is 10.2. The molecule has 1 atom stereocenters. The summed E-state index contributed by atoms with van der Waals surface area (Å²) in [5.41, 5.74) is 0.476. The maximum Gasteiger partial charge on any atom is 0.233 e. The van der Waals surface area contributed by atoms with Gasteiger partial charge in [-0.05, 0) is 6.92 Å². The number of allylic oxidation sites excluding steroid dienone is 1. The van der Waals surface area contributed by atoms with Gasteiger partial charge < -0.3 is 0 Å². The van der Waals surface area contributed by atoms with Crippen LogP contribution in [-0.4, -0.2) is 21.3 Å². The third-order valence-electron chi connectivity index (χ3n) is 2.00. The van der Waals surface area contributed by atoms with Crippen LogP contribution in [0.1, 0.15) is 13.3 Å². The number of carbonyl (C=O) groups excluding carboxylic acids is 2. The third kappa shape index (κ3) is 0.927. The molecule has 2 aliphatic rings. The fraction of sp³-hybridized carbons (Fsp3) is 0.429. The first-order valence-electron chi connectivity index (χ1n) is 3.54. The molecule has 2 heterocycles. The Morgan fingerprint density at radius 2 is 2.42 bits per heavy atom. The van der Waals surface area contributed by atoms with Gasteiger partial charge >= 0.3 is 0 Å². The van der Waals surface area contributed by atoms with E-state index >= 15 is 0 Å². The number of fused-ring (bicyclic) bond motifs is 1. The van der Waals surface area contributed by atoms with E-state index in [1.54, 1.807) is 11.8 Å². The van der Waals surface area contributed by atoms with Gasteiger partial charge in [0.1, 0.15) is 5.70 Å². The lowest BCUT2D eigenvalue weighted by Crippen LogP contribution is -2.48. The number of carbonyl (C=O) groups is 2. The summed E-state index contributed by atoms with van der Waals surface area (Å²) in [5.74, 6) is 0.0294. The average Bonchev–Trinajstić information content (AvgIpc) is 2.22. The molecule has 0 N–H and O–H groups in total. The summed E-state index contributed by atoms with van der Waals surface area (Å²) in [6.45, 7) is 1.85. The van der Waals surface area contributed by atoms with Crippen molar-refractivity contribution in [1.29, 1.82) is 0 Å². The quantitative estimate of drug-likeness (QED) is 0.507. The summed E-state index contributed by atoms with van der Waals surface area (Å²) >= 11 is 5.29. The second kappa shape index (κ2) is 2.53. The Hall–Kier alpha value is -0.420. The number of thiol groups is 1. The summed E-state index contributed by atoms with van der Waals surface area (Å²) < 4.78 is 0. The topological polar surface area (TPSA) is 37.4 Å². The van der Waals surface area contributed by atoms with Crippen LogP contribution in [0.2, 0.25) is 0 Å². The van der Waals surface area contributed by atoms with Crippen molar-refractivity contribution in [2.45, 2.75) is 18.7 Å². The Morgan fingerprint density at radius 3 is 2.83 bits per heavy atom. The highest BCUT2D eigenvalue weighted by atomic mass is 32.2. The lowest BCUT2D eigenvalue weighted by Gasteiger charge is -2.34. The number of nitrogens with zero attached hydrogens (tertiary/aromatic N) is 1. The zero-order chi connectivity index (χ0) is 8.88. The van der Waals surface area contributed by atoms with E-state index in [0.29, 0.717) is 12.1 Å². The Bertz CT molecular complexity index is 311. The Morgan fingerprint density at radius 1 is 1.75 bits per heavy atom. The summed E-state index contributed by atoms with van der Waals surface area (Å²) in [6, 6.07) is 0. The van der Waals surface area contributed by atoms with Crippen molar-refractivity contribution in [3.63, 3.8) is 0 Å². The van der Waals surface area contributed by atoms with E-state index in [2.05, 4.69) is 12.6 Å². The molecule has 12 heavy (non-hydrogen) atoms. The van der Waals surface area contributed by atoms with Crippen LogP contribution >= 0.6 is 24.4 Å². The minimum Gasteiger partial charge on any atom is -0.294 e. The molecule has 0 aromatic rings. The minimum atomic E-state index is -0.310. The van der Waals surface area contributed by atoms with Gasteiger partial charge in [0.2, 0.25) is 11.0 Å². The second-order valence-corrected chi connectivity index (χ2v) is 4.55. The number of thioether (sulfide) groups is 1. The SMILES string of the molecule is CC1=C(C(=O)S)N2C(=O)C[C@H]2S1. The molecule has 0 aliphatic carbocycles. The normalized spacial score (nSPS) is 27.3. The van der Waals surface area contributed by atoms with Crippen LogP contribution in [0.5, 0.6) is 0 Å². The first-order valence-corrected chi connectivity index (χ1v) is 4.87. The van der Waals surface area contributed by atoms with E-state index in [0.717, 1.165) is 4.91 Å². The predicted octanol–water partition coefficient (Wildman–Crippen LogP) is 0.980.